The molecule has 3 rings (SSSR count). The first-order valence-corrected chi connectivity index (χ1v) is 11.3. The van der Waals surface area contributed by atoms with Crippen LogP contribution in [0.4, 0.5) is 19.0 Å². The van der Waals surface area contributed by atoms with Gasteiger partial charge in [0.25, 0.3) is 10.0 Å². The van der Waals surface area contributed by atoms with E-state index in [4.69, 9.17) is 28.3 Å². The Labute approximate surface area is 197 Å². The molecule has 0 aliphatic heterocycles. The molecule has 1 heterocycles. The van der Waals surface area contributed by atoms with Crippen LogP contribution in [0.1, 0.15) is 27.0 Å². The number of alkyl halides is 3. The number of pyridine rings is 1. The molecule has 3 aromatic rings. The summed E-state index contributed by atoms with van der Waals surface area (Å²) in [5, 5.41) is 9.03. The molecule has 33 heavy (non-hydrogen) atoms. The Kier molecular flexibility index (Phi) is 6.92. The van der Waals surface area contributed by atoms with Gasteiger partial charge in [-0.05, 0) is 54.4 Å². The molecule has 0 aliphatic carbocycles. The molecular formula is C21H15Cl2F3N2O4S. The third-order valence-corrected chi connectivity index (χ3v) is 6.88. The van der Waals surface area contributed by atoms with Crippen LogP contribution in [0.2, 0.25) is 10.0 Å². The molecule has 2 aromatic carbocycles. The van der Waals surface area contributed by atoms with Crippen LogP contribution in [0.3, 0.4) is 0 Å². The van der Waals surface area contributed by atoms with Crippen molar-refractivity contribution in [1.82, 2.24) is 4.98 Å². The Bertz CT molecular complexity index is 1310. The molecule has 0 amide bonds. The fraction of sp³-hybridized carbons (Fsp3) is 0.143. The first-order valence-electron chi connectivity index (χ1n) is 9.14. The molecule has 1 N–H and O–H groups in total. The molecule has 1 aromatic heterocycles. The number of anilines is 1. The van der Waals surface area contributed by atoms with Crippen LogP contribution in [-0.4, -0.2) is 24.5 Å². The monoisotopic (exact) mass is 518 g/mol. The molecule has 0 bridgehead atoms. The molecule has 0 atom stereocenters. The fourth-order valence-corrected chi connectivity index (χ4v) is 4.96. The molecule has 0 radical (unpaired) electrons. The lowest BCUT2D eigenvalue weighted by Crippen LogP contribution is -2.31. The van der Waals surface area contributed by atoms with Gasteiger partial charge in [0, 0.05) is 6.20 Å². The highest BCUT2D eigenvalue weighted by Crippen LogP contribution is 2.35. The molecule has 0 aliphatic rings. The van der Waals surface area contributed by atoms with Crippen LogP contribution >= 0.6 is 23.2 Å². The number of aryl methyl sites for hydroxylation is 1. The van der Waals surface area contributed by atoms with Crippen molar-refractivity contribution in [1.29, 1.82) is 0 Å². The molecule has 0 spiro atoms. The zero-order chi connectivity index (χ0) is 24.6. The average molecular weight is 519 g/mol. The number of aromatic nitrogens is 1. The van der Waals surface area contributed by atoms with Crippen LogP contribution < -0.4 is 4.31 Å². The maximum Gasteiger partial charge on any atom is 0.416 e. The molecule has 12 heteroatoms. The quantitative estimate of drug-likeness (QED) is 0.444. The normalized spacial score (nSPS) is 11.9. The Morgan fingerprint density at radius 1 is 1.09 bits per heavy atom. The predicted molar refractivity (Wildman–Crippen MR) is 117 cm³/mol. The minimum Gasteiger partial charge on any atom is -0.478 e. The van der Waals surface area contributed by atoms with Crippen molar-refractivity contribution < 1.29 is 31.5 Å². The van der Waals surface area contributed by atoms with Crippen molar-refractivity contribution in [2.24, 2.45) is 0 Å². The Balaban J connectivity index is 2.14. The lowest BCUT2D eigenvalue weighted by molar-refractivity contribution is -0.138. The third kappa shape index (κ3) is 5.40. The van der Waals surface area contributed by atoms with Crippen molar-refractivity contribution in [3.63, 3.8) is 0 Å². The zero-order valence-electron chi connectivity index (χ0n) is 16.8. The van der Waals surface area contributed by atoms with Crippen LogP contribution in [0.15, 0.2) is 59.6 Å². The van der Waals surface area contributed by atoms with E-state index in [1.807, 2.05) is 0 Å². The summed E-state index contributed by atoms with van der Waals surface area (Å²) in [6.45, 7) is 0.767. The summed E-state index contributed by atoms with van der Waals surface area (Å²) >= 11 is 12.0. The highest BCUT2D eigenvalue weighted by molar-refractivity contribution is 7.92. The van der Waals surface area contributed by atoms with E-state index >= 15 is 0 Å². The summed E-state index contributed by atoms with van der Waals surface area (Å²) < 4.78 is 67.7. The van der Waals surface area contributed by atoms with Gasteiger partial charge in [-0.2, -0.15) is 13.2 Å². The summed E-state index contributed by atoms with van der Waals surface area (Å²) in [5.74, 6) is -1.50. The Morgan fingerprint density at radius 2 is 1.73 bits per heavy atom. The van der Waals surface area contributed by atoms with Crippen LogP contribution in [0.25, 0.3) is 0 Å². The fourth-order valence-electron chi connectivity index (χ4n) is 3.00. The summed E-state index contributed by atoms with van der Waals surface area (Å²) in [6, 6.07) is 9.05. The van der Waals surface area contributed by atoms with E-state index in [9.17, 15) is 26.4 Å². The average Bonchev–Trinajstić information content (AvgIpc) is 2.73. The third-order valence-electron chi connectivity index (χ3n) is 4.65. The molecule has 0 saturated heterocycles. The van der Waals surface area contributed by atoms with E-state index in [2.05, 4.69) is 4.98 Å². The maximum absolute atomic E-state index is 13.4. The summed E-state index contributed by atoms with van der Waals surface area (Å²) in [4.78, 5) is 14.7. The number of carboxylic acids is 1. The summed E-state index contributed by atoms with van der Waals surface area (Å²) in [7, 11) is -4.42. The predicted octanol–water partition coefficient (Wildman–Crippen LogP) is 5.81. The van der Waals surface area contributed by atoms with Crippen LogP contribution in [0.5, 0.6) is 0 Å². The topological polar surface area (TPSA) is 87.6 Å². The minimum atomic E-state index is -4.63. The number of benzene rings is 2. The van der Waals surface area contributed by atoms with Crippen molar-refractivity contribution in [2.45, 2.75) is 24.5 Å². The minimum absolute atomic E-state index is 0.0208. The number of carbonyl (C=O) groups is 1. The maximum atomic E-state index is 13.4. The number of rotatable bonds is 6. The van der Waals surface area contributed by atoms with Gasteiger partial charge in [-0.3, -0.25) is 0 Å². The Hall–Kier alpha value is -2.82. The van der Waals surface area contributed by atoms with Crippen LogP contribution in [0, 0.1) is 6.92 Å². The molecule has 0 fully saturated rings. The van der Waals surface area contributed by atoms with Gasteiger partial charge >= 0.3 is 12.1 Å². The lowest BCUT2D eigenvalue weighted by Gasteiger charge is -2.25. The lowest BCUT2D eigenvalue weighted by atomic mass is 10.0. The zero-order valence-corrected chi connectivity index (χ0v) is 19.1. The number of sulfonamides is 1. The largest absolute Gasteiger partial charge is 0.478 e. The van der Waals surface area contributed by atoms with E-state index in [1.54, 1.807) is 0 Å². The van der Waals surface area contributed by atoms with Gasteiger partial charge in [0.05, 0.1) is 32.6 Å². The number of carboxylic acid groups (broad SMARTS) is 1. The van der Waals surface area contributed by atoms with Gasteiger partial charge < -0.3 is 5.11 Å². The van der Waals surface area contributed by atoms with E-state index in [0.717, 1.165) is 40.8 Å². The van der Waals surface area contributed by atoms with E-state index in [-0.39, 0.29) is 37.4 Å². The first-order chi connectivity index (χ1) is 15.3. The van der Waals surface area contributed by atoms with Gasteiger partial charge in [0.1, 0.15) is 0 Å². The van der Waals surface area contributed by atoms with E-state index in [0.29, 0.717) is 0 Å². The van der Waals surface area contributed by atoms with Gasteiger partial charge in [-0.1, -0.05) is 35.3 Å². The van der Waals surface area contributed by atoms with E-state index in [1.165, 1.54) is 25.1 Å². The molecule has 174 valence electrons. The molecular weight excluding hydrogens is 504 g/mol. The number of aromatic carboxylic acids is 1. The molecule has 0 saturated carbocycles. The summed E-state index contributed by atoms with van der Waals surface area (Å²) in [5.41, 5.74) is -1.03. The first kappa shape index (κ1) is 24.8. The molecule has 6 nitrogen and oxygen atoms in total. The second-order valence-corrected chi connectivity index (χ2v) is 9.65. The summed E-state index contributed by atoms with van der Waals surface area (Å²) in [6.07, 6.45) is -3.48. The smallest absolute Gasteiger partial charge is 0.416 e. The second kappa shape index (κ2) is 9.20. The van der Waals surface area contributed by atoms with E-state index < -0.39 is 34.3 Å². The van der Waals surface area contributed by atoms with Crippen molar-refractivity contribution in [2.75, 3.05) is 4.31 Å². The number of hydrogen-bond donors (Lipinski definition) is 1. The van der Waals surface area contributed by atoms with Gasteiger partial charge in [0.2, 0.25) is 0 Å². The van der Waals surface area contributed by atoms with Crippen molar-refractivity contribution >= 4 is 45.0 Å². The number of hydrogen-bond acceptors (Lipinski definition) is 4. The van der Waals surface area contributed by atoms with Gasteiger partial charge in [-0.25, -0.2) is 22.5 Å². The number of nitrogens with zero attached hydrogens (tertiary/aromatic N) is 2. The van der Waals surface area contributed by atoms with Gasteiger partial charge in [0.15, 0.2) is 5.82 Å². The highest BCUT2D eigenvalue weighted by Gasteiger charge is 2.34. The standard InChI is InChI=1S/C21H15Cl2F3N2O4S/c1-12-2-3-13(8-17(12)21(24,25)26)11-28(19-18(23)9-15(22)10-27-19)33(31,32)16-6-4-14(5-7-16)20(29)30/h2-10H,11H2,1H3,(H,29,30). The number of halogens is 5. The van der Waals surface area contributed by atoms with Crippen molar-refractivity contribution in [3.8, 4) is 0 Å². The molecule has 0 unspecified atom stereocenters. The SMILES string of the molecule is Cc1ccc(CN(c2ncc(Cl)cc2Cl)S(=O)(=O)c2ccc(C(=O)O)cc2)cc1C(F)(F)F. The Morgan fingerprint density at radius 3 is 2.27 bits per heavy atom. The van der Waals surface area contributed by atoms with Gasteiger partial charge in [-0.15, -0.1) is 0 Å². The second-order valence-electron chi connectivity index (χ2n) is 6.95. The highest BCUT2D eigenvalue weighted by atomic mass is 35.5. The van der Waals surface area contributed by atoms with Crippen molar-refractivity contribution in [3.05, 3.63) is 87.0 Å². The van der Waals surface area contributed by atoms with Crippen LogP contribution in [-0.2, 0) is 22.7 Å².